The second-order valence-corrected chi connectivity index (χ2v) is 25.8. The molecule has 0 aliphatic heterocycles. The number of hydrogen-bond donors (Lipinski definition) is 2. The summed E-state index contributed by atoms with van der Waals surface area (Å²) in [5, 5.41) is 3.05. The summed E-state index contributed by atoms with van der Waals surface area (Å²) in [6.45, 7) is 7.00. The summed E-state index contributed by atoms with van der Waals surface area (Å²) in [4.78, 5) is 37.8. The Kier molecular flexibility index (Phi) is 58.1. The number of phosphoric acid groups is 1. The number of hydrogen-bond acceptors (Lipinski definition) is 6. The van der Waals surface area contributed by atoms with Crippen molar-refractivity contribution in [1.29, 1.82) is 0 Å². The van der Waals surface area contributed by atoms with Crippen molar-refractivity contribution in [3.63, 3.8) is 0 Å². The molecule has 0 heterocycles. The molecule has 10 heteroatoms. The molecule has 80 heavy (non-hydrogen) atoms. The van der Waals surface area contributed by atoms with E-state index in [1.54, 1.807) is 0 Å². The predicted octanol–water partition coefficient (Wildman–Crippen LogP) is 21.4. The third-order valence-electron chi connectivity index (χ3n) is 15.2. The third kappa shape index (κ3) is 60.3. The summed E-state index contributed by atoms with van der Waals surface area (Å²) in [5.41, 5.74) is 0. The molecule has 1 amide bonds. The highest BCUT2D eigenvalue weighted by Gasteiger charge is 2.30. The number of quaternary nitrogens is 1. The van der Waals surface area contributed by atoms with Gasteiger partial charge in [0.2, 0.25) is 5.91 Å². The van der Waals surface area contributed by atoms with E-state index in [9.17, 15) is 19.0 Å². The molecule has 0 aromatic carbocycles. The van der Waals surface area contributed by atoms with Crippen LogP contribution in [0.2, 0.25) is 0 Å². The highest BCUT2D eigenvalue weighted by Crippen LogP contribution is 2.43. The van der Waals surface area contributed by atoms with Gasteiger partial charge in [0.05, 0.1) is 33.8 Å². The van der Waals surface area contributed by atoms with Crippen molar-refractivity contribution >= 4 is 19.7 Å². The minimum absolute atomic E-state index is 0.0352. The van der Waals surface area contributed by atoms with Gasteiger partial charge in [-0.25, -0.2) is 4.57 Å². The molecule has 0 spiro atoms. The molecule has 0 saturated heterocycles. The van der Waals surface area contributed by atoms with Crippen LogP contribution in [-0.4, -0.2) is 74.3 Å². The standard InChI is InChI=1S/C70H131N2O7P/c1-7-10-13-16-19-22-25-28-30-32-33-34-35-36-37-38-39-40-42-45-48-51-54-57-60-63-70(74)79-68(61-58-55-52-49-46-43-27-24-21-18-15-12-9-3)67(66-78-80(75,76)77-65-64-72(4,5)6)71-69(73)62-59-56-53-50-47-44-41-31-29-26-23-20-17-14-11-8-2/h19,22,28,30-31,41,44,47,58,61,67-68H,7-18,20-21,23-27,29,32-40,42-43,45-46,48-57,59-60,62-66H2,1-6H3,(H-,71,73,75,76)/p+1/b22-19-,30-28-,41-31+,47-44+,61-58-. The number of likely N-dealkylation sites (N-methyl/N-ethyl adjacent to an activating group) is 1. The number of esters is 1. The van der Waals surface area contributed by atoms with Gasteiger partial charge >= 0.3 is 13.8 Å². The van der Waals surface area contributed by atoms with Crippen molar-refractivity contribution in [2.45, 2.75) is 335 Å². The first-order valence-electron chi connectivity index (χ1n) is 34.1. The molecule has 3 unspecified atom stereocenters. The van der Waals surface area contributed by atoms with Crippen molar-refractivity contribution in [3.05, 3.63) is 60.8 Å². The van der Waals surface area contributed by atoms with Crippen molar-refractivity contribution in [2.24, 2.45) is 0 Å². The lowest BCUT2D eigenvalue weighted by molar-refractivity contribution is -0.870. The highest BCUT2D eigenvalue weighted by molar-refractivity contribution is 7.47. The number of carbonyl (C=O) groups is 2. The van der Waals surface area contributed by atoms with Gasteiger partial charge in [0, 0.05) is 12.8 Å². The minimum atomic E-state index is -4.46. The van der Waals surface area contributed by atoms with E-state index in [2.05, 4.69) is 74.7 Å². The van der Waals surface area contributed by atoms with Gasteiger partial charge in [-0.15, -0.1) is 0 Å². The molecular formula is C70H132N2O7P+. The zero-order valence-electron chi connectivity index (χ0n) is 53.6. The lowest BCUT2D eigenvalue weighted by Crippen LogP contribution is -2.47. The topological polar surface area (TPSA) is 111 Å². The average molecular weight is 1140 g/mol. The summed E-state index contributed by atoms with van der Waals surface area (Å²) in [6.07, 6.45) is 76.6. The molecule has 0 fully saturated rings. The minimum Gasteiger partial charge on any atom is -0.456 e. The average Bonchev–Trinajstić information content (AvgIpc) is 3.42. The number of phosphoric ester groups is 1. The van der Waals surface area contributed by atoms with E-state index in [0.717, 1.165) is 70.6 Å². The van der Waals surface area contributed by atoms with Crippen molar-refractivity contribution in [1.82, 2.24) is 5.32 Å². The van der Waals surface area contributed by atoms with Crippen LogP contribution in [0.5, 0.6) is 0 Å². The summed E-state index contributed by atoms with van der Waals surface area (Å²) in [7, 11) is 1.49. The Balaban J connectivity index is 5.13. The van der Waals surface area contributed by atoms with E-state index in [1.165, 1.54) is 212 Å². The van der Waals surface area contributed by atoms with Gasteiger partial charge in [-0.3, -0.25) is 18.6 Å². The Bertz CT molecular complexity index is 1550. The van der Waals surface area contributed by atoms with Gasteiger partial charge in [-0.2, -0.15) is 0 Å². The maximum Gasteiger partial charge on any atom is 0.472 e. The second-order valence-electron chi connectivity index (χ2n) is 24.4. The van der Waals surface area contributed by atoms with E-state index >= 15 is 0 Å². The van der Waals surface area contributed by atoms with Gasteiger partial charge < -0.3 is 19.4 Å². The molecular weight excluding hydrogens is 1010 g/mol. The zero-order chi connectivity index (χ0) is 58.6. The monoisotopic (exact) mass is 1140 g/mol. The van der Waals surface area contributed by atoms with Crippen LogP contribution in [0, 0.1) is 0 Å². The molecule has 0 rings (SSSR count). The molecule has 9 nitrogen and oxygen atoms in total. The Morgan fingerprint density at radius 2 is 0.800 bits per heavy atom. The smallest absolute Gasteiger partial charge is 0.456 e. The first kappa shape index (κ1) is 77.7. The SMILES string of the molecule is CCCCC/C=C\C/C=C\CCCCCCCCCCCCCCCCCC(=O)OC(/C=C\CCCCCCCCCCCCC)C(COP(=O)(O)OCC[N+](C)(C)C)NC(=O)CCCCC/C=C/C=C/CCCCCCCCC. The molecule has 0 aromatic rings. The van der Waals surface area contributed by atoms with Crippen LogP contribution in [-0.2, 0) is 27.9 Å². The van der Waals surface area contributed by atoms with Gasteiger partial charge in [0.15, 0.2) is 0 Å². The van der Waals surface area contributed by atoms with Crippen LogP contribution in [0.1, 0.15) is 323 Å². The van der Waals surface area contributed by atoms with Crippen LogP contribution < -0.4 is 5.32 Å². The van der Waals surface area contributed by atoms with Crippen LogP contribution in [0.4, 0.5) is 0 Å². The molecule has 2 N–H and O–H groups in total. The molecule has 468 valence electrons. The zero-order valence-corrected chi connectivity index (χ0v) is 54.5. The number of carbonyl (C=O) groups excluding carboxylic acids is 2. The number of allylic oxidation sites excluding steroid dienone is 9. The van der Waals surface area contributed by atoms with E-state index in [1.807, 2.05) is 33.3 Å². The number of nitrogens with one attached hydrogen (secondary N) is 1. The van der Waals surface area contributed by atoms with Gasteiger partial charge in [-0.05, 0) is 89.5 Å². The fraction of sp³-hybridized carbons (Fsp3) is 0.829. The summed E-state index contributed by atoms with van der Waals surface area (Å²) < 4.78 is 30.8. The molecule has 0 radical (unpaired) electrons. The van der Waals surface area contributed by atoms with Crippen LogP contribution >= 0.6 is 7.82 Å². The first-order chi connectivity index (χ1) is 38.9. The molecule has 0 aromatic heterocycles. The maximum atomic E-state index is 13.6. The van der Waals surface area contributed by atoms with Gasteiger partial charge in [-0.1, -0.05) is 281 Å². The Morgan fingerprint density at radius 3 is 1.24 bits per heavy atom. The number of amides is 1. The van der Waals surface area contributed by atoms with Crippen molar-refractivity contribution in [2.75, 3.05) is 40.9 Å². The van der Waals surface area contributed by atoms with Crippen molar-refractivity contribution in [3.8, 4) is 0 Å². The maximum absolute atomic E-state index is 13.6. The molecule has 3 atom stereocenters. The number of unbranched alkanes of at least 4 members (excludes halogenated alkanes) is 39. The quantitative estimate of drug-likeness (QED) is 0.0156. The van der Waals surface area contributed by atoms with Crippen molar-refractivity contribution < 1.29 is 37.3 Å². The predicted molar refractivity (Wildman–Crippen MR) is 346 cm³/mol. The highest BCUT2D eigenvalue weighted by atomic mass is 31.2. The Morgan fingerprint density at radius 1 is 0.450 bits per heavy atom. The van der Waals surface area contributed by atoms with Gasteiger partial charge in [0.25, 0.3) is 0 Å². The summed E-state index contributed by atoms with van der Waals surface area (Å²) in [5.74, 6) is -0.525. The first-order valence-corrected chi connectivity index (χ1v) is 35.6. The Labute approximate surface area is 496 Å². The van der Waals surface area contributed by atoms with E-state index in [0.29, 0.717) is 23.9 Å². The molecule has 0 aliphatic carbocycles. The van der Waals surface area contributed by atoms with Crippen LogP contribution in [0.15, 0.2) is 60.8 Å². The largest absolute Gasteiger partial charge is 0.472 e. The fourth-order valence-corrected chi connectivity index (χ4v) is 10.6. The fourth-order valence-electron chi connectivity index (χ4n) is 9.90. The van der Waals surface area contributed by atoms with E-state index in [4.69, 9.17) is 13.8 Å². The number of nitrogens with zero attached hydrogens (tertiary/aromatic N) is 1. The number of rotatable bonds is 62. The lowest BCUT2D eigenvalue weighted by Gasteiger charge is -2.27. The van der Waals surface area contributed by atoms with E-state index in [-0.39, 0.29) is 31.5 Å². The molecule has 0 saturated carbocycles. The lowest BCUT2D eigenvalue weighted by atomic mass is 10.0. The van der Waals surface area contributed by atoms with Crippen LogP contribution in [0.3, 0.4) is 0 Å². The second kappa shape index (κ2) is 59.9. The molecule has 0 bridgehead atoms. The van der Waals surface area contributed by atoms with E-state index < -0.39 is 20.0 Å². The van der Waals surface area contributed by atoms with Crippen LogP contribution in [0.25, 0.3) is 0 Å². The van der Waals surface area contributed by atoms with Gasteiger partial charge in [0.1, 0.15) is 19.3 Å². The summed E-state index contributed by atoms with van der Waals surface area (Å²) in [6, 6.07) is -0.862. The summed E-state index contributed by atoms with van der Waals surface area (Å²) >= 11 is 0. The molecule has 0 aliphatic rings. The normalized spacial score (nSPS) is 13.9. The third-order valence-corrected chi connectivity index (χ3v) is 16.2. The number of ether oxygens (including phenoxy) is 1. The Hall–Kier alpha value is -2.29.